The molecule has 28 heavy (non-hydrogen) atoms. The van der Waals surface area contributed by atoms with E-state index >= 15 is 0 Å². The minimum Gasteiger partial charge on any atom is -0.352 e. The van der Waals surface area contributed by atoms with E-state index in [9.17, 15) is 4.79 Å². The van der Waals surface area contributed by atoms with Crippen LogP contribution in [0.15, 0.2) is 66.7 Å². The van der Waals surface area contributed by atoms with Gasteiger partial charge >= 0.3 is 0 Å². The molecule has 3 rings (SSSR count). The average molecular weight is 374 g/mol. The van der Waals surface area contributed by atoms with Crippen molar-refractivity contribution in [1.82, 2.24) is 15.3 Å². The van der Waals surface area contributed by atoms with Gasteiger partial charge in [0.15, 0.2) is 0 Å². The van der Waals surface area contributed by atoms with Gasteiger partial charge in [-0.05, 0) is 31.9 Å². The van der Waals surface area contributed by atoms with E-state index in [-0.39, 0.29) is 11.9 Å². The van der Waals surface area contributed by atoms with E-state index in [0.717, 1.165) is 24.5 Å². The molecule has 0 spiro atoms. The number of benzene rings is 2. The van der Waals surface area contributed by atoms with Crippen LogP contribution < -0.4 is 10.2 Å². The van der Waals surface area contributed by atoms with E-state index in [1.807, 2.05) is 62.4 Å². The van der Waals surface area contributed by atoms with Crippen molar-refractivity contribution in [3.05, 3.63) is 89.4 Å². The van der Waals surface area contributed by atoms with Crippen molar-refractivity contribution in [3.8, 4) is 0 Å². The number of hydrogen-bond acceptors (Lipinski definition) is 4. The smallest absolute Gasteiger partial charge is 0.270 e. The first kappa shape index (κ1) is 19.5. The van der Waals surface area contributed by atoms with Gasteiger partial charge in [0.25, 0.3) is 5.91 Å². The standard InChI is InChI=1S/C23H26N4O/c1-4-27(16-19-11-7-5-8-12-19)22-15-21(25-18(3)26-22)23(28)24-17(2)20-13-9-6-10-14-20/h5-15,17H,4,16H2,1-3H3,(H,24,28). The van der Waals surface area contributed by atoms with Gasteiger partial charge in [0.1, 0.15) is 17.3 Å². The molecule has 1 amide bonds. The molecule has 3 aromatic rings. The van der Waals surface area contributed by atoms with Crippen molar-refractivity contribution in [3.63, 3.8) is 0 Å². The Morgan fingerprint density at radius 3 is 2.32 bits per heavy atom. The van der Waals surface area contributed by atoms with Crippen molar-refractivity contribution >= 4 is 11.7 Å². The van der Waals surface area contributed by atoms with Gasteiger partial charge in [0.2, 0.25) is 0 Å². The molecule has 0 bridgehead atoms. The molecule has 5 heteroatoms. The highest BCUT2D eigenvalue weighted by molar-refractivity contribution is 5.93. The van der Waals surface area contributed by atoms with Crippen LogP contribution in [-0.4, -0.2) is 22.4 Å². The van der Waals surface area contributed by atoms with Gasteiger partial charge in [0, 0.05) is 19.2 Å². The zero-order valence-electron chi connectivity index (χ0n) is 16.6. The molecular weight excluding hydrogens is 348 g/mol. The van der Waals surface area contributed by atoms with Gasteiger partial charge < -0.3 is 10.2 Å². The number of carbonyl (C=O) groups excluding carboxylic acids is 1. The number of aryl methyl sites for hydroxylation is 1. The molecule has 1 atom stereocenters. The van der Waals surface area contributed by atoms with Crippen molar-refractivity contribution < 1.29 is 4.79 Å². The number of carbonyl (C=O) groups is 1. The predicted octanol–water partition coefficient (Wildman–Crippen LogP) is 4.30. The van der Waals surface area contributed by atoms with Crippen molar-refractivity contribution in [1.29, 1.82) is 0 Å². The molecule has 2 aromatic carbocycles. The predicted molar refractivity (Wildman–Crippen MR) is 112 cm³/mol. The van der Waals surface area contributed by atoms with Crippen LogP contribution in [0.25, 0.3) is 0 Å². The fraction of sp³-hybridized carbons (Fsp3) is 0.261. The molecule has 0 saturated carbocycles. The van der Waals surface area contributed by atoms with Gasteiger partial charge in [-0.1, -0.05) is 60.7 Å². The Hall–Kier alpha value is -3.21. The highest BCUT2D eigenvalue weighted by Gasteiger charge is 2.16. The summed E-state index contributed by atoms with van der Waals surface area (Å²) in [6.45, 7) is 7.38. The number of nitrogens with zero attached hydrogens (tertiary/aromatic N) is 3. The molecule has 0 radical (unpaired) electrons. The minimum atomic E-state index is -0.195. The summed E-state index contributed by atoms with van der Waals surface area (Å²) in [5, 5.41) is 3.03. The van der Waals surface area contributed by atoms with Crippen LogP contribution in [0, 0.1) is 6.92 Å². The second-order valence-electron chi connectivity index (χ2n) is 6.76. The zero-order valence-corrected chi connectivity index (χ0v) is 16.6. The summed E-state index contributed by atoms with van der Waals surface area (Å²) in [6, 6.07) is 21.8. The number of anilines is 1. The van der Waals surface area contributed by atoms with Gasteiger partial charge in [-0.15, -0.1) is 0 Å². The number of amides is 1. The summed E-state index contributed by atoms with van der Waals surface area (Å²) in [6.07, 6.45) is 0. The number of rotatable bonds is 7. The molecule has 1 N–H and O–H groups in total. The van der Waals surface area contributed by atoms with Crippen LogP contribution in [-0.2, 0) is 6.54 Å². The molecule has 1 aromatic heterocycles. The molecule has 0 aliphatic heterocycles. The number of hydrogen-bond donors (Lipinski definition) is 1. The third kappa shape index (κ3) is 4.94. The summed E-state index contributed by atoms with van der Waals surface area (Å²) in [4.78, 5) is 23.8. The van der Waals surface area contributed by atoms with Crippen molar-refractivity contribution in [2.75, 3.05) is 11.4 Å². The molecule has 0 aliphatic carbocycles. The van der Waals surface area contributed by atoms with Gasteiger partial charge in [-0.25, -0.2) is 9.97 Å². The van der Waals surface area contributed by atoms with Crippen LogP contribution in [0.2, 0.25) is 0 Å². The SMILES string of the molecule is CCN(Cc1ccccc1)c1cc(C(=O)NC(C)c2ccccc2)nc(C)n1. The molecule has 0 saturated heterocycles. The molecule has 5 nitrogen and oxygen atoms in total. The fourth-order valence-electron chi connectivity index (χ4n) is 3.08. The van der Waals surface area contributed by atoms with Crippen LogP contribution in [0.4, 0.5) is 5.82 Å². The van der Waals surface area contributed by atoms with Crippen LogP contribution in [0.3, 0.4) is 0 Å². The van der Waals surface area contributed by atoms with E-state index in [1.54, 1.807) is 6.07 Å². The number of aromatic nitrogens is 2. The lowest BCUT2D eigenvalue weighted by Crippen LogP contribution is -2.29. The topological polar surface area (TPSA) is 58.1 Å². The number of nitrogens with one attached hydrogen (secondary N) is 1. The average Bonchev–Trinajstić information content (AvgIpc) is 2.72. The second-order valence-corrected chi connectivity index (χ2v) is 6.76. The Morgan fingerprint density at radius 1 is 1.04 bits per heavy atom. The van der Waals surface area contributed by atoms with E-state index in [0.29, 0.717) is 11.5 Å². The Labute approximate surface area is 166 Å². The quantitative estimate of drug-likeness (QED) is 0.670. The maximum atomic E-state index is 12.8. The summed E-state index contributed by atoms with van der Waals surface area (Å²) in [7, 11) is 0. The molecule has 1 heterocycles. The molecule has 0 fully saturated rings. The summed E-state index contributed by atoms with van der Waals surface area (Å²) < 4.78 is 0. The zero-order chi connectivity index (χ0) is 19.9. The minimum absolute atomic E-state index is 0.0981. The van der Waals surface area contributed by atoms with E-state index in [4.69, 9.17) is 0 Å². The maximum Gasteiger partial charge on any atom is 0.270 e. The van der Waals surface area contributed by atoms with Crippen molar-refractivity contribution in [2.24, 2.45) is 0 Å². The normalized spacial score (nSPS) is 11.7. The lowest BCUT2D eigenvalue weighted by Gasteiger charge is -2.23. The first-order valence-electron chi connectivity index (χ1n) is 9.57. The van der Waals surface area contributed by atoms with Gasteiger partial charge in [-0.2, -0.15) is 0 Å². The second kappa shape index (κ2) is 9.13. The monoisotopic (exact) mass is 374 g/mol. The van der Waals surface area contributed by atoms with E-state index < -0.39 is 0 Å². The Bertz CT molecular complexity index is 912. The molecular formula is C23H26N4O. The van der Waals surface area contributed by atoms with Crippen LogP contribution in [0.5, 0.6) is 0 Å². The van der Waals surface area contributed by atoms with E-state index in [1.165, 1.54) is 5.56 Å². The summed E-state index contributed by atoms with van der Waals surface area (Å²) in [5.74, 6) is 1.15. The van der Waals surface area contributed by atoms with Gasteiger partial charge in [-0.3, -0.25) is 4.79 Å². The lowest BCUT2D eigenvalue weighted by molar-refractivity contribution is 0.0934. The molecule has 144 valence electrons. The van der Waals surface area contributed by atoms with Gasteiger partial charge in [0.05, 0.1) is 6.04 Å². The Kier molecular flexibility index (Phi) is 6.37. The van der Waals surface area contributed by atoms with Crippen LogP contribution in [0.1, 0.15) is 47.3 Å². The fourth-order valence-corrected chi connectivity index (χ4v) is 3.08. The lowest BCUT2D eigenvalue weighted by atomic mass is 10.1. The van der Waals surface area contributed by atoms with E-state index in [2.05, 4.69) is 39.2 Å². The van der Waals surface area contributed by atoms with Crippen LogP contribution >= 0.6 is 0 Å². The Balaban J connectivity index is 1.79. The third-order valence-corrected chi connectivity index (χ3v) is 4.63. The summed E-state index contributed by atoms with van der Waals surface area (Å²) in [5.41, 5.74) is 2.64. The highest BCUT2D eigenvalue weighted by Crippen LogP contribution is 2.17. The largest absolute Gasteiger partial charge is 0.352 e. The first-order valence-corrected chi connectivity index (χ1v) is 9.57. The summed E-state index contributed by atoms with van der Waals surface area (Å²) >= 11 is 0. The first-order chi connectivity index (χ1) is 13.6. The van der Waals surface area contributed by atoms with Crippen molar-refractivity contribution in [2.45, 2.75) is 33.4 Å². The highest BCUT2D eigenvalue weighted by atomic mass is 16.1. The molecule has 0 aliphatic rings. The Morgan fingerprint density at radius 2 is 1.68 bits per heavy atom. The maximum absolute atomic E-state index is 12.8. The third-order valence-electron chi connectivity index (χ3n) is 4.63. The molecule has 1 unspecified atom stereocenters.